The van der Waals surface area contributed by atoms with Gasteiger partial charge < -0.3 is 20.3 Å². The first-order valence-corrected chi connectivity index (χ1v) is 8.42. The maximum atomic E-state index is 12.5. The molecule has 0 aliphatic rings. The molecule has 2 N–H and O–H groups in total. The molecule has 0 atom stereocenters. The van der Waals surface area contributed by atoms with Crippen LogP contribution in [0.3, 0.4) is 0 Å². The van der Waals surface area contributed by atoms with E-state index in [-0.39, 0.29) is 11.8 Å². The number of pyridine rings is 1. The van der Waals surface area contributed by atoms with Crippen LogP contribution in [-0.2, 0) is 0 Å². The second kappa shape index (κ2) is 9.53. The van der Waals surface area contributed by atoms with Gasteiger partial charge in [-0.1, -0.05) is 12.1 Å². The van der Waals surface area contributed by atoms with E-state index >= 15 is 0 Å². The molecule has 138 valence electrons. The number of aromatic nitrogens is 1. The van der Waals surface area contributed by atoms with E-state index in [1.54, 1.807) is 12.1 Å². The molecular formula is C19H24N4O3. The van der Waals surface area contributed by atoms with Crippen LogP contribution in [0.5, 0.6) is 5.75 Å². The lowest BCUT2D eigenvalue weighted by molar-refractivity contribution is 0.0950. The lowest BCUT2D eigenvalue weighted by Gasteiger charge is -2.12. The second-order valence-electron chi connectivity index (χ2n) is 5.90. The van der Waals surface area contributed by atoms with Gasteiger partial charge in [0.15, 0.2) is 0 Å². The van der Waals surface area contributed by atoms with Crippen molar-refractivity contribution in [1.29, 1.82) is 0 Å². The monoisotopic (exact) mass is 356 g/mol. The molecule has 26 heavy (non-hydrogen) atoms. The first-order chi connectivity index (χ1) is 12.5. The predicted molar refractivity (Wildman–Crippen MR) is 101 cm³/mol. The number of para-hydroxylation sites is 2. The number of anilines is 1. The quantitative estimate of drug-likeness (QED) is 0.756. The number of carbonyl (C=O) groups excluding carboxylic acids is 2. The average molecular weight is 356 g/mol. The van der Waals surface area contributed by atoms with E-state index in [1.165, 1.54) is 18.5 Å². The first kappa shape index (κ1) is 19.4. The van der Waals surface area contributed by atoms with E-state index in [4.69, 9.17) is 4.74 Å². The summed E-state index contributed by atoms with van der Waals surface area (Å²) in [5, 5.41) is 5.59. The minimum atomic E-state index is -0.354. The van der Waals surface area contributed by atoms with Crippen molar-refractivity contribution in [3.05, 3.63) is 53.9 Å². The molecule has 7 nitrogen and oxygen atoms in total. The van der Waals surface area contributed by atoms with Crippen molar-refractivity contribution in [2.75, 3.05) is 39.1 Å². The Balaban J connectivity index is 2.07. The minimum absolute atomic E-state index is 0.260. The van der Waals surface area contributed by atoms with Crippen LogP contribution in [-0.4, -0.2) is 55.5 Å². The van der Waals surface area contributed by atoms with Gasteiger partial charge in [-0.15, -0.1) is 0 Å². The van der Waals surface area contributed by atoms with Gasteiger partial charge in [0.2, 0.25) is 0 Å². The number of nitrogens with zero attached hydrogens (tertiary/aromatic N) is 2. The number of benzene rings is 1. The molecule has 0 spiro atoms. The van der Waals surface area contributed by atoms with Crippen LogP contribution in [0, 0.1) is 0 Å². The summed E-state index contributed by atoms with van der Waals surface area (Å²) in [6.45, 7) is 3.62. The Morgan fingerprint density at radius 1 is 1.12 bits per heavy atom. The van der Waals surface area contributed by atoms with Crippen LogP contribution >= 0.6 is 0 Å². The SMILES string of the molecule is CCOc1ccccc1NC(=O)c1cncc(C(=O)NCCN(C)C)c1. The number of hydrogen-bond donors (Lipinski definition) is 2. The molecule has 0 saturated carbocycles. The van der Waals surface area contributed by atoms with Crippen molar-refractivity contribution in [2.45, 2.75) is 6.92 Å². The molecule has 0 aliphatic carbocycles. The van der Waals surface area contributed by atoms with E-state index in [0.29, 0.717) is 35.7 Å². The molecule has 1 heterocycles. The topological polar surface area (TPSA) is 83.6 Å². The Morgan fingerprint density at radius 3 is 2.50 bits per heavy atom. The first-order valence-electron chi connectivity index (χ1n) is 8.42. The van der Waals surface area contributed by atoms with E-state index in [9.17, 15) is 9.59 Å². The van der Waals surface area contributed by atoms with E-state index in [0.717, 1.165) is 6.54 Å². The summed E-state index contributed by atoms with van der Waals surface area (Å²) in [7, 11) is 3.86. The number of hydrogen-bond acceptors (Lipinski definition) is 5. The molecule has 0 fully saturated rings. The number of amides is 2. The zero-order valence-electron chi connectivity index (χ0n) is 15.3. The van der Waals surface area contributed by atoms with Gasteiger partial charge in [-0.2, -0.15) is 0 Å². The molecule has 0 radical (unpaired) electrons. The van der Waals surface area contributed by atoms with Crippen molar-refractivity contribution in [1.82, 2.24) is 15.2 Å². The van der Waals surface area contributed by atoms with Crippen LogP contribution < -0.4 is 15.4 Å². The average Bonchev–Trinajstić information content (AvgIpc) is 2.63. The van der Waals surface area contributed by atoms with Gasteiger partial charge in [-0.25, -0.2) is 0 Å². The molecule has 0 saturated heterocycles. The highest BCUT2D eigenvalue weighted by Gasteiger charge is 2.13. The lowest BCUT2D eigenvalue weighted by atomic mass is 10.1. The number of carbonyl (C=O) groups is 2. The molecule has 1 aromatic carbocycles. The number of rotatable bonds is 8. The largest absolute Gasteiger partial charge is 0.492 e. The summed E-state index contributed by atoms with van der Waals surface area (Å²) in [4.78, 5) is 30.7. The smallest absolute Gasteiger partial charge is 0.257 e. The molecule has 2 rings (SSSR count). The molecule has 0 bridgehead atoms. The summed E-state index contributed by atoms with van der Waals surface area (Å²) >= 11 is 0. The highest BCUT2D eigenvalue weighted by molar-refractivity contribution is 6.06. The lowest BCUT2D eigenvalue weighted by Crippen LogP contribution is -2.31. The van der Waals surface area contributed by atoms with Gasteiger partial charge in [0, 0.05) is 25.5 Å². The normalized spacial score (nSPS) is 10.5. The maximum Gasteiger partial charge on any atom is 0.257 e. The summed E-state index contributed by atoms with van der Waals surface area (Å²) in [6, 6.07) is 8.71. The summed E-state index contributed by atoms with van der Waals surface area (Å²) in [6.07, 6.45) is 2.87. The van der Waals surface area contributed by atoms with Crippen LogP contribution in [0.25, 0.3) is 0 Å². The van der Waals surface area contributed by atoms with Crippen LogP contribution in [0.1, 0.15) is 27.6 Å². The van der Waals surface area contributed by atoms with Crippen LogP contribution in [0.15, 0.2) is 42.7 Å². The van der Waals surface area contributed by atoms with Gasteiger partial charge in [0.25, 0.3) is 11.8 Å². The third-order valence-corrected chi connectivity index (χ3v) is 3.54. The van der Waals surface area contributed by atoms with Gasteiger partial charge >= 0.3 is 0 Å². The van der Waals surface area contributed by atoms with Crippen molar-refractivity contribution in [3.8, 4) is 5.75 Å². The second-order valence-corrected chi connectivity index (χ2v) is 5.90. The summed E-state index contributed by atoms with van der Waals surface area (Å²) in [5.74, 6) is -0.0230. The zero-order valence-corrected chi connectivity index (χ0v) is 15.3. The molecule has 0 unspecified atom stereocenters. The Bertz CT molecular complexity index is 762. The zero-order chi connectivity index (χ0) is 18.9. The minimum Gasteiger partial charge on any atom is -0.492 e. The van der Waals surface area contributed by atoms with Crippen molar-refractivity contribution < 1.29 is 14.3 Å². The molecule has 7 heteroatoms. The number of ether oxygens (including phenoxy) is 1. The van der Waals surface area contributed by atoms with Gasteiger partial charge in [0.05, 0.1) is 23.4 Å². The Labute approximate surface area is 153 Å². The third-order valence-electron chi connectivity index (χ3n) is 3.54. The van der Waals surface area contributed by atoms with Gasteiger partial charge in [-0.05, 0) is 39.2 Å². The fraction of sp³-hybridized carbons (Fsp3) is 0.316. The van der Waals surface area contributed by atoms with Crippen LogP contribution in [0.2, 0.25) is 0 Å². The van der Waals surface area contributed by atoms with Crippen molar-refractivity contribution >= 4 is 17.5 Å². The molecule has 1 aromatic heterocycles. The van der Waals surface area contributed by atoms with E-state index in [1.807, 2.05) is 38.1 Å². The fourth-order valence-corrected chi connectivity index (χ4v) is 2.23. The molecular weight excluding hydrogens is 332 g/mol. The number of nitrogens with one attached hydrogen (secondary N) is 2. The van der Waals surface area contributed by atoms with Crippen molar-refractivity contribution in [3.63, 3.8) is 0 Å². The third kappa shape index (κ3) is 5.56. The molecule has 2 aromatic rings. The summed E-state index contributed by atoms with van der Waals surface area (Å²) < 4.78 is 5.50. The Morgan fingerprint density at radius 2 is 1.81 bits per heavy atom. The predicted octanol–water partition coefficient (Wildman–Crippen LogP) is 2.02. The van der Waals surface area contributed by atoms with Gasteiger partial charge in [0.1, 0.15) is 5.75 Å². The van der Waals surface area contributed by atoms with Crippen LogP contribution in [0.4, 0.5) is 5.69 Å². The fourth-order valence-electron chi connectivity index (χ4n) is 2.23. The maximum absolute atomic E-state index is 12.5. The summed E-state index contributed by atoms with van der Waals surface area (Å²) in [5.41, 5.74) is 1.21. The number of likely N-dealkylation sites (N-methyl/N-ethyl adjacent to an activating group) is 1. The highest BCUT2D eigenvalue weighted by Crippen LogP contribution is 2.24. The van der Waals surface area contributed by atoms with Gasteiger partial charge in [-0.3, -0.25) is 14.6 Å². The van der Waals surface area contributed by atoms with E-state index < -0.39 is 0 Å². The Hall–Kier alpha value is -2.93. The highest BCUT2D eigenvalue weighted by atomic mass is 16.5. The molecule has 0 aliphatic heterocycles. The Kier molecular flexibility index (Phi) is 7.11. The molecule has 2 amide bonds. The van der Waals surface area contributed by atoms with Crippen molar-refractivity contribution in [2.24, 2.45) is 0 Å². The standard InChI is InChI=1S/C19H24N4O3/c1-4-26-17-8-6-5-7-16(17)22-19(25)15-11-14(12-20-13-15)18(24)21-9-10-23(2)3/h5-8,11-13H,4,9-10H2,1-3H3,(H,21,24)(H,22,25). The van der Waals surface area contributed by atoms with E-state index in [2.05, 4.69) is 15.6 Å².